The second-order valence-electron chi connectivity index (χ2n) is 10.3. The number of aryl methyl sites for hydroxylation is 1. The number of pyridine rings is 1. The topological polar surface area (TPSA) is 56.7 Å². The van der Waals surface area contributed by atoms with Crippen LogP contribution in [0.1, 0.15) is 40.7 Å². The molecular weight excluding hydrogens is 493 g/mol. The van der Waals surface area contributed by atoms with Gasteiger partial charge in [0.25, 0.3) is 5.91 Å². The van der Waals surface area contributed by atoms with Crippen LogP contribution in [0.3, 0.4) is 0 Å². The van der Waals surface area contributed by atoms with Gasteiger partial charge in [-0.1, -0.05) is 41.4 Å². The number of carbonyl (C=O) groups excluding carboxylic acids is 1. The Hall–Kier alpha value is -2.18. The fourth-order valence-corrected chi connectivity index (χ4v) is 6.40. The van der Waals surface area contributed by atoms with Crippen LogP contribution in [0, 0.1) is 18.8 Å². The fourth-order valence-electron chi connectivity index (χ4n) is 5.93. The van der Waals surface area contributed by atoms with E-state index < -0.39 is 0 Å². The summed E-state index contributed by atoms with van der Waals surface area (Å²) >= 11 is 12.8. The summed E-state index contributed by atoms with van der Waals surface area (Å²) in [6.07, 6.45) is 5.59. The zero-order valence-corrected chi connectivity index (χ0v) is 22.2. The number of aliphatic hydroxyl groups excluding tert-OH is 1. The summed E-state index contributed by atoms with van der Waals surface area (Å²) in [5.41, 5.74) is 3.72. The van der Waals surface area contributed by atoms with Crippen molar-refractivity contribution >= 4 is 40.0 Å². The summed E-state index contributed by atoms with van der Waals surface area (Å²) in [6, 6.07) is 14.1. The first-order valence-corrected chi connectivity index (χ1v) is 13.6. The molecule has 0 bridgehead atoms. The lowest BCUT2D eigenvalue weighted by Crippen LogP contribution is -2.52. The molecule has 3 aromatic rings. The Morgan fingerprint density at radius 3 is 2.58 bits per heavy atom. The zero-order valence-electron chi connectivity index (χ0n) is 20.7. The standard InChI is InChI=1S/C29H33Cl2N3O2/c1-19-5-6-20(16-26(19)31)15-21-8-12-34(17-22(21)18-35)23-9-13-33(14-10-23)29(36)24-7-11-32-27-4-2-3-25(30)28(24)27/h2-7,11,16,21-23,35H,8-10,12-15,17-18H2,1H3/t21?,22-/m0/s1. The minimum absolute atomic E-state index is 0.0256. The van der Waals surface area contributed by atoms with Crippen LogP contribution >= 0.6 is 23.2 Å². The van der Waals surface area contributed by atoms with Crippen LogP contribution in [0.2, 0.25) is 10.0 Å². The van der Waals surface area contributed by atoms with Gasteiger partial charge in [0, 0.05) is 48.9 Å². The van der Waals surface area contributed by atoms with Crippen molar-refractivity contribution in [3.63, 3.8) is 0 Å². The molecule has 5 nitrogen and oxygen atoms in total. The van der Waals surface area contributed by atoms with Gasteiger partial charge in [-0.3, -0.25) is 14.7 Å². The summed E-state index contributed by atoms with van der Waals surface area (Å²) in [4.78, 5) is 22.3. The molecule has 36 heavy (non-hydrogen) atoms. The maximum Gasteiger partial charge on any atom is 0.254 e. The number of nitrogens with zero attached hydrogens (tertiary/aromatic N) is 3. The number of hydrogen-bond donors (Lipinski definition) is 1. The van der Waals surface area contributed by atoms with Crippen molar-refractivity contribution in [2.45, 2.75) is 38.6 Å². The first-order chi connectivity index (χ1) is 17.4. The lowest BCUT2D eigenvalue weighted by Gasteiger charge is -2.44. The van der Waals surface area contributed by atoms with E-state index in [1.807, 2.05) is 30.0 Å². The van der Waals surface area contributed by atoms with E-state index in [1.165, 1.54) is 5.56 Å². The number of aromatic nitrogens is 1. The number of halogens is 2. The maximum atomic E-state index is 13.4. The van der Waals surface area contributed by atoms with Crippen LogP contribution in [0.15, 0.2) is 48.7 Å². The van der Waals surface area contributed by atoms with Gasteiger partial charge in [0.2, 0.25) is 0 Å². The lowest BCUT2D eigenvalue weighted by molar-refractivity contribution is 0.0242. The van der Waals surface area contributed by atoms with Crippen LogP contribution in [0.5, 0.6) is 0 Å². The molecule has 7 heteroatoms. The Bertz CT molecular complexity index is 1240. The van der Waals surface area contributed by atoms with E-state index in [2.05, 4.69) is 28.1 Å². The third-order valence-corrected chi connectivity index (χ3v) is 8.83. The predicted molar refractivity (Wildman–Crippen MR) is 146 cm³/mol. The quantitative estimate of drug-likeness (QED) is 0.469. The van der Waals surface area contributed by atoms with Crippen LogP contribution in [-0.2, 0) is 6.42 Å². The highest BCUT2D eigenvalue weighted by Crippen LogP contribution is 2.32. The van der Waals surface area contributed by atoms with Gasteiger partial charge in [-0.25, -0.2) is 0 Å². The minimum atomic E-state index is 0.0256. The molecule has 5 rings (SSSR count). The highest BCUT2D eigenvalue weighted by molar-refractivity contribution is 6.36. The van der Waals surface area contributed by atoms with Gasteiger partial charge in [0.1, 0.15) is 0 Å². The normalized spacial score (nSPS) is 21.7. The molecule has 1 unspecified atom stereocenters. The predicted octanol–water partition coefficient (Wildman–Crippen LogP) is 5.63. The third-order valence-electron chi connectivity index (χ3n) is 8.11. The van der Waals surface area contributed by atoms with Gasteiger partial charge in [-0.05, 0) is 86.4 Å². The van der Waals surface area contributed by atoms with Crippen molar-refractivity contribution in [1.82, 2.24) is 14.8 Å². The van der Waals surface area contributed by atoms with Crippen LogP contribution in [0.25, 0.3) is 10.9 Å². The van der Waals surface area contributed by atoms with Crippen molar-refractivity contribution in [2.24, 2.45) is 11.8 Å². The minimum Gasteiger partial charge on any atom is -0.396 e. The number of carbonyl (C=O) groups is 1. The number of hydrogen-bond acceptors (Lipinski definition) is 4. The van der Waals surface area contributed by atoms with E-state index in [9.17, 15) is 9.90 Å². The number of rotatable bonds is 5. The van der Waals surface area contributed by atoms with Crippen LogP contribution in [0.4, 0.5) is 0 Å². The summed E-state index contributed by atoms with van der Waals surface area (Å²) in [5, 5.41) is 12.3. The SMILES string of the molecule is Cc1ccc(CC2CCN(C3CCN(C(=O)c4ccnc5cccc(Cl)c45)CC3)C[C@H]2CO)cc1Cl. The maximum absolute atomic E-state index is 13.4. The van der Waals surface area contributed by atoms with E-state index in [0.29, 0.717) is 22.5 Å². The summed E-state index contributed by atoms with van der Waals surface area (Å²) in [5.74, 6) is 0.734. The van der Waals surface area contributed by atoms with Crippen molar-refractivity contribution < 1.29 is 9.90 Å². The molecule has 1 N–H and O–H groups in total. The van der Waals surface area contributed by atoms with E-state index in [4.69, 9.17) is 23.2 Å². The second-order valence-corrected chi connectivity index (χ2v) is 11.1. The molecule has 2 aromatic carbocycles. The number of benzene rings is 2. The number of aliphatic hydroxyl groups is 1. The van der Waals surface area contributed by atoms with Gasteiger partial charge >= 0.3 is 0 Å². The molecule has 2 aliphatic heterocycles. The molecular formula is C29H33Cl2N3O2. The molecule has 190 valence electrons. The molecule has 1 aromatic heterocycles. The van der Waals surface area contributed by atoms with Crippen molar-refractivity contribution in [1.29, 1.82) is 0 Å². The van der Waals surface area contributed by atoms with Crippen LogP contribution < -0.4 is 0 Å². The van der Waals surface area contributed by atoms with Gasteiger partial charge in [0.15, 0.2) is 0 Å². The largest absolute Gasteiger partial charge is 0.396 e. The van der Waals surface area contributed by atoms with E-state index >= 15 is 0 Å². The average molecular weight is 527 g/mol. The van der Waals surface area contributed by atoms with Crippen molar-refractivity contribution in [3.8, 4) is 0 Å². The lowest BCUT2D eigenvalue weighted by atomic mass is 9.80. The number of fused-ring (bicyclic) bond motifs is 1. The van der Waals surface area contributed by atoms with Gasteiger partial charge < -0.3 is 10.0 Å². The highest BCUT2D eigenvalue weighted by Gasteiger charge is 2.34. The fraction of sp³-hybridized carbons (Fsp3) is 0.448. The molecule has 1 amide bonds. The molecule has 2 fully saturated rings. The van der Waals surface area contributed by atoms with E-state index in [-0.39, 0.29) is 18.4 Å². The molecule has 0 aliphatic carbocycles. The zero-order chi connectivity index (χ0) is 25.2. The molecule has 2 saturated heterocycles. The Kier molecular flexibility index (Phi) is 7.82. The molecule has 2 atom stereocenters. The third kappa shape index (κ3) is 5.26. The van der Waals surface area contributed by atoms with E-state index in [0.717, 1.165) is 73.4 Å². The first kappa shape index (κ1) is 25.5. The second kappa shape index (κ2) is 11.1. The highest BCUT2D eigenvalue weighted by atomic mass is 35.5. The van der Waals surface area contributed by atoms with Crippen molar-refractivity contribution in [2.75, 3.05) is 32.8 Å². The first-order valence-electron chi connectivity index (χ1n) is 12.9. The summed E-state index contributed by atoms with van der Waals surface area (Å²) in [6.45, 7) is 5.61. The van der Waals surface area contributed by atoms with Gasteiger partial charge in [0.05, 0.1) is 16.1 Å². The molecule has 0 radical (unpaired) electrons. The van der Waals surface area contributed by atoms with Crippen LogP contribution in [-0.4, -0.2) is 64.6 Å². The van der Waals surface area contributed by atoms with Gasteiger partial charge in [-0.15, -0.1) is 0 Å². The number of piperidine rings is 2. The number of amides is 1. The Balaban J connectivity index is 1.20. The Labute approximate surface area is 223 Å². The summed E-state index contributed by atoms with van der Waals surface area (Å²) < 4.78 is 0. The average Bonchev–Trinajstić information content (AvgIpc) is 2.90. The molecule has 0 spiro atoms. The molecule has 3 heterocycles. The Morgan fingerprint density at radius 1 is 1.03 bits per heavy atom. The Morgan fingerprint density at radius 2 is 1.83 bits per heavy atom. The van der Waals surface area contributed by atoms with E-state index in [1.54, 1.807) is 12.3 Å². The summed E-state index contributed by atoms with van der Waals surface area (Å²) in [7, 11) is 0. The smallest absolute Gasteiger partial charge is 0.254 e. The monoisotopic (exact) mass is 525 g/mol. The number of likely N-dealkylation sites (tertiary alicyclic amines) is 2. The van der Waals surface area contributed by atoms with Crippen molar-refractivity contribution in [3.05, 3.63) is 75.4 Å². The molecule has 2 aliphatic rings. The molecule has 0 saturated carbocycles. The van der Waals surface area contributed by atoms with Gasteiger partial charge in [-0.2, -0.15) is 0 Å².